The number of carboxylic acid groups (broad SMARTS) is 1. The number of nitrogens with one attached hydrogen (secondary N) is 2. The molecule has 7 aromatic heterocycles. The van der Waals surface area contributed by atoms with Gasteiger partial charge in [0.25, 0.3) is 5.91 Å². The summed E-state index contributed by atoms with van der Waals surface area (Å²) in [5.74, 6) is 0.606. The lowest BCUT2D eigenvalue weighted by Crippen LogP contribution is -2.49. The van der Waals surface area contributed by atoms with Gasteiger partial charge in [0, 0.05) is 94.2 Å². The number of H-pyrrole nitrogens is 1. The number of fused-ring (bicyclic) bond motifs is 6. The number of amides is 1. The van der Waals surface area contributed by atoms with Crippen LogP contribution in [0.25, 0.3) is 33.5 Å². The number of hydrogen-bond acceptors (Lipinski definition) is 17. The van der Waals surface area contributed by atoms with Gasteiger partial charge in [-0.05, 0) is 63.5 Å². The third kappa shape index (κ3) is 9.09. The van der Waals surface area contributed by atoms with Crippen LogP contribution in [0.4, 0.5) is 11.6 Å². The van der Waals surface area contributed by atoms with E-state index in [4.69, 9.17) is 26.5 Å². The van der Waals surface area contributed by atoms with Crippen molar-refractivity contribution in [2.75, 3.05) is 18.0 Å². The molecule has 1 amide bonds. The maximum absolute atomic E-state index is 13.0. The van der Waals surface area contributed by atoms with Crippen LogP contribution in [0.5, 0.6) is 0 Å². The first-order valence-electron chi connectivity index (χ1n) is 22.3. The first kappa shape index (κ1) is 45.9. The average Bonchev–Trinajstić information content (AvgIpc) is 4.23. The van der Waals surface area contributed by atoms with E-state index in [2.05, 4.69) is 50.6 Å². The van der Waals surface area contributed by atoms with E-state index in [9.17, 15) is 19.8 Å². The summed E-state index contributed by atoms with van der Waals surface area (Å²) in [4.78, 5) is 55.0. The molecule has 6 atom stereocenters. The number of aromatic amines is 1. The first-order chi connectivity index (χ1) is 32.6. The smallest absolute Gasteiger partial charge is 0.373 e. The zero-order valence-electron chi connectivity index (χ0n) is 36.7. The number of nitrogen functional groups attached to an aromatic ring is 2. The molecule has 352 valence electrons. The van der Waals surface area contributed by atoms with Crippen molar-refractivity contribution in [3.05, 3.63) is 96.1 Å². The number of aromatic carboxylic acids is 1. The summed E-state index contributed by atoms with van der Waals surface area (Å²) in [6.45, 7) is 0.210. The molecule has 4 saturated heterocycles. The van der Waals surface area contributed by atoms with E-state index in [0.717, 1.165) is 84.1 Å². The van der Waals surface area contributed by atoms with Gasteiger partial charge in [-0.1, -0.05) is 12.1 Å². The summed E-state index contributed by atoms with van der Waals surface area (Å²) in [6.07, 6.45) is 18.1. The summed E-state index contributed by atoms with van der Waals surface area (Å²) >= 11 is 0. The molecule has 0 radical (unpaired) electrons. The Morgan fingerprint density at radius 3 is 1.69 bits per heavy atom. The van der Waals surface area contributed by atoms with Crippen molar-refractivity contribution in [1.29, 1.82) is 0 Å². The highest BCUT2D eigenvalue weighted by molar-refractivity contribution is 6.41. The van der Waals surface area contributed by atoms with Crippen LogP contribution in [-0.2, 0) is 18.0 Å². The number of pyridine rings is 2. The number of halogens is 1. The number of anilines is 2. The number of aliphatic hydroxyl groups excluding tert-OH is 2. The quantitative estimate of drug-likeness (QED) is 0.115. The highest BCUT2D eigenvalue weighted by Gasteiger charge is 2.45. The molecule has 9 N–H and O–H groups in total. The van der Waals surface area contributed by atoms with Crippen LogP contribution in [0, 0.1) is 0 Å². The fourth-order valence-electron chi connectivity index (χ4n) is 10.1. The van der Waals surface area contributed by atoms with E-state index in [1.54, 1.807) is 39.9 Å². The van der Waals surface area contributed by atoms with Crippen LogP contribution in [-0.4, -0.2) is 129 Å². The Bertz CT molecular complexity index is 2970. The van der Waals surface area contributed by atoms with Crippen LogP contribution < -0.4 is 16.8 Å². The van der Waals surface area contributed by atoms with Gasteiger partial charge in [-0.15, -0.1) is 12.4 Å². The van der Waals surface area contributed by atoms with Gasteiger partial charge in [-0.25, -0.2) is 24.7 Å². The van der Waals surface area contributed by atoms with Gasteiger partial charge < -0.3 is 37.0 Å². The van der Waals surface area contributed by atoms with Crippen molar-refractivity contribution in [2.45, 2.75) is 101 Å². The Labute approximate surface area is 394 Å². The van der Waals surface area contributed by atoms with Gasteiger partial charge in [-0.3, -0.25) is 24.9 Å². The maximum Gasteiger partial charge on any atom is 0.373 e. The van der Waals surface area contributed by atoms with Crippen LogP contribution in [0.2, 0.25) is 0 Å². The standard InChI is InChI=1S/C23H24N8O2.C19H22N6O.C3H3N3O2.ClH/c24-21-7-19(29-22-18(9-28-31(21)22)13-1-2-15(11-32)26-8-13)14-5-16-3-4-17(6-14)30(16)23(33)20-10-25-12-27-20;20-18-7-17(12-5-13-3-4-14(6-12)23-13)24-19-16(9-22-25(18)19)11-1-2-15(10-26)21-8-11;7-3(8)2-4-1-5-6-2;/h1-2,7-9,12,14,16-17,32H,3-6,10-11,24H2;1-2,7-9,12-14,23,26H,3-6,10,20H2;1H,(H,7,8)(H,4,5,6);1H/t14?,16-,17+;12?,13-,14+;;. The Morgan fingerprint density at radius 2 is 1.26 bits per heavy atom. The number of carbonyl (C=O) groups is 2. The van der Waals surface area contributed by atoms with Crippen LogP contribution in [0.3, 0.4) is 0 Å². The molecule has 4 bridgehead atoms. The number of aliphatic imine (C=N–C) groups is 2. The SMILES string of the molecule is Cl.Nc1cc(C2C[C@H]3CC[C@@H](C2)N3)nc2c(-c3ccc(CO)nc3)cnn12.Nc1cc(C2C[C@H]3CC[C@@H](C2)N3C(=O)C2=NC=NC2)nc2c(-c3ccc(CO)nc3)cnn12.O=C(O)c1ncn[nH]1. The van der Waals surface area contributed by atoms with Crippen molar-refractivity contribution in [3.63, 3.8) is 0 Å². The molecule has 4 fully saturated rings. The van der Waals surface area contributed by atoms with Crippen molar-refractivity contribution in [2.24, 2.45) is 9.98 Å². The molecule has 0 aliphatic carbocycles. The minimum absolute atomic E-state index is 0. The number of nitrogens with zero attached hydrogens (tertiary/aromatic N) is 13. The third-order valence-electron chi connectivity index (χ3n) is 13.3. The molecule has 5 aliphatic heterocycles. The van der Waals surface area contributed by atoms with Crippen LogP contribution in [0.1, 0.15) is 96.6 Å². The van der Waals surface area contributed by atoms with Gasteiger partial charge in [0.2, 0.25) is 5.82 Å². The van der Waals surface area contributed by atoms with Gasteiger partial charge in [0.05, 0.1) is 43.5 Å². The second kappa shape index (κ2) is 19.5. The second-order valence-electron chi connectivity index (χ2n) is 17.4. The molecule has 0 aromatic carbocycles. The first-order valence-corrected chi connectivity index (χ1v) is 22.3. The van der Waals surface area contributed by atoms with Crippen LogP contribution in [0.15, 0.2) is 77.5 Å². The lowest BCUT2D eigenvalue weighted by Gasteiger charge is -2.38. The highest BCUT2D eigenvalue weighted by Crippen LogP contribution is 2.44. The zero-order chi connectivity index (χ0) is 46.2. The van der Waals surface area contributed by atoms with Crippen molar-refractivity contribution in [1.82, 2.24) is 64.6 Å². The molecular weight excluding hydrogens is 894 g/mol. The molecule has 12 rings (SSSR count). The summed E-state index contributed by atoms with van der Waals surface area (Å²) in [5.41, 5.74) is 21.4. The molecular formula is C45H50ClN17O5. The van der Waals surface area contributed by atoms with Crippen molar-refractivity contribution >= 4 is 59.3 Å². The predicted molar refractivity (Wildman–Crippen MR) is 252 cm³/mol. The number of aliphatic hydroxyl groups is 2. The molecule has 2 unspecified atom stereocenters. The second-order valence-corrected chi connectivity index (χ2v) is 17.4. The topological polar surface area (TPSA) is 315 Å². The van der Waals surface area contributed by atoms with E-state index in [0.29, 0.717) is 58.9 Å². The van der Waals surface area contributed by atoms with Crippen molar-refractivity contribution in [3.8, 4) is 22.3 Å². The molecule has 23 heteroatoms. The molecule has 5 aliphatic rings. The fraction of sp³-hybridized carbons (Fsp3) is 0.378. The number of rotatable bonds is 8. The Hall–Kier alpha value is -7.27. The Balaban J connectivity index is 0.000000147. The molecule has 68 heavy (non-hydrogen) atoms. The molecule has 0 spiro atoms. The van der Waals surface area contributed by atoms with E-state index >= 15 is 0 Å². The van der Waals surface area contributed by atoms with Gasteiger partial charge in [-0.2, -0.15) is 24.3 Å². The maximum atomic E-state index is 13.0. The number of hydrogen-bond donors (Lipinski definition) is 7. The zero-order valence-corrected chi connectivity index (χ0v) is 37.5. The molecule has 0 saturated carbocycles. The average molecular weight is 944 g/mol. The number of nitrogens with two attached hydrogens (primary N) is 2. The Kier molecular flexibility index (Phi) is 13.2. The van der Waals surface area contributed by atoms with E-state index in [-0.39, 0.29) is 55.4 Å². The largest absolute Gasteiger partial charge is 0.475 e. The minimum atomic E-state index is -1.09. The lowest BCUT2D eigenvalue weighted by atomic mass is 9.87. The summed E-state index contributed by atoms with van der Waals surface area (Å²) in [5, 5.41) is 44.6. The summed E-state index contributed by atoms with van der Waals surface area (Å²) in [6, 6.07) is 12.9. The summed E-state index contributed by atoms with van der Waals surface area (Å²) < 4.78 is 3.33. The number of piperidine rings is 2. The summed E-state index contributed by atoms with van der Waals surface area (Å²) in [7, 11) is 0. The van der Waals surface area contributed by atoms with Crippen LogP contribution >= 0.6 is 12.4 Å². The lowest BCUT2D eigenvalue weighted by molar-refractivity contribution is -0.128. The fourth-order valence-corrected chi connectivity index (χ4v) is 10.1. The Morgan fingerprint density at radius 1 is 0.721 bits per heavy atom. The molecule has 7 aromatic rings. The van der Waals surface area contributed by atoms with Gasteiger partial charge in [0.15, 0.2) is 11.3 Å². The third-order valence-corrected chi connectivity index (χ3v) is 13.3. The molecule has 22 nitrogen and oxygen atoms in total. The monoisotopic (exact) mass is 943 g/mol. The van der Waals surface area contributed by atoms with E-state index in [1.165, 1.54) is 19.2 Å². The predicted octanol–water partition coefficient (Wildman–Crippen LogP) is 3.37. The number of aromatic nitrogens is 11. The van der Waals surface area contributed by atoms with E-state index < -0.39 is 5.97 Å². The highest BCUT2D eigenvalue weighted by atomic mass is 35.5. The van der Waals surface area contributed by atoms with E-state index in [1.807, 2.05) is 35.2 Å². The van der Waals surface area contributed by atoms with Crippen molar-refractivity contribution < 1.29 is 24.9 Å². The molecule has 12 heterocycles. The normalized spacial score (nSPS) is 22.3. The van der Waals surface area contributed by atoms with Gasteiger partial charge in [0.1, 0.15) is 30.0 Å². The van der Waals surface area contributed by atoms with Gasteiger partial charge >= 0.3 is 5.97 Å². The minimum Gasteiger partial charge on any atom is -0.475 e. The number of carbonyl (C=O) groups excluding carboxylic acids is 1. The number of carboxylic acids is 1.